The van der Waals surface area contributed by atoms with E-state index in [1.165, 1.54) is 13.5 Å². The maximum atomic E-state index is 11.4. The van der Waals surface area contributed by atoms with E-state index >= 15 is 0 Å². The molecule has 0 aromatic rings. The van der Waals surface area contributed by atoms with E-state index in [1.807, 2.05) is 0 Å². The zero-order chi connectivity index (χ0) is 11.3. The van der Waals surface area contributed by atoms with Gasteiger partial charge in [0.05, 0.1) is 13.0 Å². The first kappa shape index (κ1) is 12.5. The van der Waals surface area contributed by atoms with Gasteiger partial charge in [-0.15, -0.1) is 0 Å². The molecule has 0 spiro atoms. The van der Waals surface area contributed by atoms with Crippen LogP contribution >= 0.6 is 0 Å². The van der Waals surface area contributed by atoms with Gasteiger partial charge in [0.15, 0.2) is 0 Å². The summed E-state index contributed by atoms with van der Waals surface area (Å²) in [4.78, 5) is 11.4. The molecule has 3 nitrogen and oxygen atoms in total. The first-order chi connectivity index (χ1) is 7.13. The standard InChI is InChI=1S/C12H23NO2/c1-9(2)8-13-11-6-4-5-10(7-11)12(14)15-3/h9-11,13H,4-8H2,1-3H3. The van der Waals surface area contributed by atoms with Crippen LogP contribution in [-0.4, -0.2) is 25.7 Å². The molecule has 88 valence electrons. The second kappa shape index (κ2) is 6.11. The quantitative estimate of drug-likeness (QED) is 0.726. The van der Waals surface area contributed by atoms with Crippen molar-refractivity contribution < 1.29 is 9.53 Å². The van der Waals surface area contributed by atoms with Gasteiger partial charge in [-0.3, -0.25) is 4.79 Å². The number of rotatable bonds is 4. The predicted molar refractivity (Wildman–Crippen MR) is 60.6 cm³/mol. The molecule has 2 atom stereocenters. The van der Waals surface area contributed by atoms with E-state index in [4.69, 9.17) is 4.74 Å². The van der Waals surface area contributed by atoms with Gasteiger partial charge >= 0.3 is 5.97 Å². The summed E-state index contributed by atoms with van der Waals surface area (Å²) in [6, 6.07) is 0.505. The fourth-order valence-electron chi connectivity index (χ4n) is 2.16. The zero-order valence-corrected chi connectivity index (χ0v) is 10.1. The lowest BCUT2D eigenvalue weighted by molar-refractivity contribution is -0.146. The van der Waals surface area contributed by atoms with Crippen LogP contribution < -0.4 is 5.32 Å². The number of methoxy groups -OCH3 is 1. The molecule has 1 aliphatic carbocycles. The van der Waals surface area contributed by atoms with Gasteiger partial charge in [-0.25, -0.2) is 0 Å². The molecule has 0 radical (unpaired) electrons. The molecule has 3 heteroatoms. The summed E-state index contributed by atoms with van der Waals surface area (Å²) in [7, 11) is 1.48. The molecule has 1 aliphatic rings. The van der Waals surface area contributed by atoms with Crippen molar-refractivity contribution in [1.82, 2.24) is 5.32 Å². The minimum absolute atomic E-state index is 0.0361. The number of nitrogens with one attached hydrogen (secondary N) is 1. The van der Waals surface area contributed by atoms with Gasteiger partial charge in [-0.1, -0.05) is 20.3 Å². The van der Waals surface area contributed by atoms with E-state index in [0.29, 0.717) is 12.0 Å². The Hall–Kier alpha value is -0.570. The van der Waals surface area contributed by atoms with Crippen LogP contribution in [0.15, 0.2) is 0 Å². The van der Waals surface area contributed by atoms with E-state index in [0.717, 1.165) is 25.8 Å². The summed E-state index contributed by atoms with van der Waals surface area (Å²) in [5, 5.41) is 3.52. The Morgan fingerprint density at radius 3 is 2.80 bits per heavy atom. The molecule has 0 aromatic heterocycles. The predicted octanol–water partition coefficient (Wildman–Crippen LogP) is 1.96. The maximum absolute atomic E-state index is 11.4. The van der Waals surface area contributed by atoms with Crippen LogP contribution in [0.1, 0.15) is 39.5 Å². The van der Waals surface area contributed by atoms with Crippen LogP contribution in [0.3, 0.4) is 0 Å². The Morgan fingerprint density at radius 1 is 1.47 bits per heavy atom. The fraction of sp³-hybridized carbons (Fsp3) is 0.917. The second-order valence-corrected chi connectivity index (χ2v) is 4.89. The van der Waals surface area contributed by atoms with Crippen LogP contribution in [0.4, 0.5) is 0 Å². The van der Waals surface area contributed by atoms with Crippen molar-refractivity contribution in [3.05, 3.63) is 0 Å². The third-order valence-corrected chi connectivity index (χ3v) is 3.02. The molecule has 0 bridgehead atoms. The number of hydrogen-bond donors (Lipinski definition) is 1. The second-order valence-electron chi connectivity index (χ2n) is 4.89. The van der Waals surface area contributed by atoms with Crippen molar-refractivity contribution >= 4 is 5.97 Å². The average Bonchev–Trinajstić information content (AvgIpc) is 2.25. The van der Waals surface area contributed by atoms with Gasteiger partial charge in [0.25, 0.3) is 0 Å². The molecule has 0 saturated heterocycles. The van der Waals surface area contributed by atoms with Crippen molar-refractivity contribution in [1.29, 1.82) is 0 Å². The highest BCUT2D eigenvalue weighted by Gasteiger charge is 2.27. The number of esters is 1. The van der Waals surface area contributed by atoms with Crippen LogP contribution in [0, 0.1) is 11.8 Å². The van der Waals surface area contributed by atoms with Crippen molar-refractivity contribution in [3.63, 3.8) is 0 Å². The molecular weight excluding hydrogens is 190 g/mol. The third kappa shape index (κ3) is 4.20. The molecular formula is C12H23NO2. The van der Waals surface area contributed by atoms with Crippen LogP contribution in [-0.2, 0) is 9.53 Å². The Kier molecular flexibility index (Phi) is 5.09. The van der Waals surface area contributed by atoms with E-state index in [1.54, 1.807) is 0 Å². The van der Waals surface area contributed by atoms with Gasteiger partial charge in [-0.05, 0) is 31.7 Å². The molecule has 1 fully saturated rings. The lowest BCUT2D eigenvalue weighted by Gasteiger charge is -2.28. The zero-order valence-electron chi connectivity index (χ0n) is 10.1. The molecule has 2 unspecified atom stereocenters. The minimum Gasteiger partial charge on any atom is -0.469 e. The van der Waals surface area contributed by atoms with Gasteiger partial charge in [0.2, 0.25) is 0 Å². The van der Waals surface area contributed by atoms with Crippen molar-refractivity contribution in [3.8, 4) is 0 Å². The summed E-state index contributed by atoms with van der Waals surface area (Å²) >= 11 is 0. The highest BCUT2D eigenvalue weighted by Crippen LogP contribution is 2.25. The van der Waals surface area contributed by atoms with E-state index in [9.17, 15) is 4.79 Å². The minimum atomic E-state index is -0.0361. The largest absolute Gasteiger partial charge is 0.469 e. The normalized spacial score (nSPS) is 26.7. The summed E-state index contributed by atoms with van der Waals surface area (Å²) in [6.07, 6.45) is 4.27. The van der Waals surface area contributed by atoms with Gasteiger partial charge < -0.3 is 10.1 Å². The first-order valence-electron chi connectivity index (χ1n) is 5.94. The van der Waals surface area contributed by atoms with E-state index in [-0.39, 0.29) is 11.9 Å². The smallest absolute Gasteiger partial charge is 0.308 e. The van der Waals surface area contributed by atoms with Crippen molar-refractivity contribution in [2.75, 3.05) is 13.7 Å². The number of carbonyl (C=O) groups excluding carboxylic acids is 1. The molecule has 15 heavy (non-hydrogen) atoms. The van der Waals surface area contributed by atoms with E-state index < -0.39 is 0 Å². The summed E-state index contributed by atoms with van der Waals surface area (Å²) in [6.45, 7) is 5.44. The maximum Gasteiger partial charge on any atom is 0.308 e. The van der Waals surface area contributed by atoms with Gasteiger partial charge in [-0.2, -0.15) is 0 Å². The Bertz CT molecular complexity index is 204. The molecule has 1 rings (SSSR count). The summed E-state index contributed by atoms with van der Waals surface area (Å²) in [5.74, 6) is 0.753. The molecule has 0 aliphatic heterocycles. The van der Waals surface area contributed by atoms with Crippen LogP contribution in [0.25, 0.3) is 0 Å². The summed E-state index contributed by atoms with van der Waals surface area (Å²) < 4.78 is 4.80. The molecule has 1 N–H and O–H groups in total. The topological polar surface area (TPSA) is 38.3 Å². The third-order valence-electron chi connectivity index (χ3n) is 3.02. The van der Waals surface area contributed by atoms with Crippen molar-refractivity contribution in [2.45, 2.75) is 45.6 Å². The molecule has 0 heterocycles. The lowest BCUT2D eigenvalue weighted by atomic mass is 9.85. The Labute approximate surface area is 92.6 Å². The highest BCUT2D eigenvalue weighted by atomic mass is 16.5. The molecule has 0 aromatic carbocycles. The molecule has 0 amide bonds. The number of carbonyl (C=O) groups is 1. The fourth-order valence-corrected chi connectivity index (χ4v) is 2.16. The average molecular weight is 213 g/mol. The Balaban J connectivity index is 2.32. The van der Waals surface area contributed by atoms with Gasteiger partial charge in [0, 0.05) is 6.04 Å². The van der Waals surface area contributed by atoms with Crippen LogP contribution in [0.5, 0.6) is 0 Å². The first-order valence-corrected chi connectivity index (χ1v) is 5.94. The highest BCUT2D eigenvalue weighted by molar-refractivity contribution is 5.72. The Morgan fingerprint density at radius 2 is 2.20 bits per heavy atom. The van der Waals surface area contributed by atoms with Crippen molar-refractivity contribution in [2.24, 2.45) is 11.8 Å². The number of ether oxygens (including phenoxy) is 1. The SMILES string of the molecule is COC(=O)C1CCCC(NCC(C)C)C1. The number of hydrogen-bond acceptors (Lipinski definition) is 3. The van der Waals surface area contributed by atoms with Crippen LogP contribution in [0.2, 0.25) is 0 Å². The monoisotopic (exact) mass is 213 g/mol. The van der Waals surface area contributed by atoms with Gasteiger partial charge in [0.1, 0.15) is 0 Å². The summed E-state index contributed by atoms with van der Waals surface area (Å²) in [5.41, 5.74) is 0. The molecule has 1 saturated carbocycles. The lowest BCUT2D eigenvalue weighted by Crippen LogP contribution is -2.38. The van der Waals surface area contributed by atoms with E-state index in [2.05, 4.69) is 19.2 Å².